The van der Waals surface area contributed by atoms with E-state index < -0.39 is 11.6 Å². The number of anilines is 1. The minimum Gasteiger partial charge on any atom is -0.505 e. The Bertz CT molecular complexity index is 862. The summed E-state index contributed by atoms with van der Waals surface area (Å²) in [7, 11) is 0. The lowest BCUT2D eigenvalue weighted by atomic mass is 9.97. The van der Waals surface area contributed by atoms with Crippen LogP contribution in [0.2, 0.25) is 0 Å². The van der Waals surface area contributed by atoms with Gasteiger partial charge in [-0.3, -0.25) is 0 Å². The molecule has 1 aliphatic heterocycles. The number of phenols is 1. The van der Waals surface area contributed by atoms with E-state index in [4.69, 9.17) is 4.52 Å². The summed E-state index contributed by atoms with van der Waals surface area (Å²) in [5.41, 5.74) is 0.518. The average molecular weight is 341 g/mol. The number of phenolic OH excluding ortho intramolecular Hbond substituents is 1. The van der Waals surface area contributed by atoms with Gasteiger partial charge in [-0.05, 0) is 37.1 Å². The van der Waals surface area contributed by atoms with Gasteiger partial charge in [-0.1, -0.05) is 5.16 Å². The second-order valence-electron chi connectivity index (χ2n) is 5.93. The number of benzene rings is 1. The van der Waals surface area contributed by atoms with Gasteiger partial charge in [-0.2, -0.15) is 4.98 Å². The van der Waals surface area contributed by atoms with Crippen LogP contribution >= 0.6 is 0 Å². The van der Waals surface area contributed by atoms with Crippen LogP contribution in [0.4, 0.5) is 10.3 Å². The van der Waals surface area contributed by atoms with Crippen molar-refractivity contribution in [1.82, 2.24) is 20.1 Å². The lowest BCUT2D eigenvalue weighted by Gasteiger charge is -2.30. The maximum Gasteiger partial charge on any atom is 0.230 e. The standard InChI is InChI=1S/C17H16FN5O2/c18-13-3-2-12(10-14(13)24)15-21-16(25-22-15)11-4-8-23(9-5-11)17-19-6-1-7-20-17/h1-3,6-7,10-11,24H,4-5,8-9H2. The maximum absolute atomic E-state index is 13.2. The molecule has 3 heterocycles. The zero-order valence-corrected chi connectivity index (χ0v) is 13.3. The van der Waals surface area contributed by atoms with Crippen LogP contribution in [0.5, 0.6) is 5.75 Å². The van der Waals surface area contributed by atoms with Crippen molar-refractivity contribution in [3.05, 3.63) is 48.4 Å². The van der Waals surface area contributed by atoms with Gasteiger partial charge in [0.15, 0.2) is 11.6 Å². The minimum absolute atomic E-state index is 0.162. The summed E-state index contributed by atoms with van der Waals surface area (Å²) < 4.78 is 18.5. The summed E-state index contributed by atoms with van der Waals surface area (Å²) >= 11 is 0. The fourth-order valence-corrected chi connectivity index (χ4v) is 2.95. The molecule has 0 atom stereocenters. The highest BCUT2D eigenvalue weighted by Crippen LogP contribution is 2.30. The molecule has 1 saturated heterocycles. The molecule has 0 saturated carbocycles. The van der Waals surface area contributed by atoms with E-state index in [-0.39, 0.29) is 5.92 Å². The van der Waals surface area contributed by atoms with Crippen LogP contribution in [-0.4, -0.2) is 38.3 Å². The van der Waals surface area contributed by atoms with E-state index in [1.165, 1.54) is 18.2 Å². The molecule has 8 heteroatoms. The van der Waals surface area contributed by atoms with Gasteiger partial charge in [0.2, 0.25) is 17.7 Å². The van der Waals surface area contributed by atoms with Crippen molar-refractivity contribution in [2.75, 3.05) is 18.0 Å². The summed E-state index contributed by atoms with van der Waals surface area (Å²) in [4.78, 5) is 15.1. The van der Waals surface area contributed by atoms with Crippen molar-refractivity contribution in [3.8, 4) is 17.1 Å². The van der Waals surface area contributed by atoms with Gasteiger partial charge in [0.1, 0.15) is 0 Å². The quantitative estimate of drug-likeness (QED) is 0.783. The Kier molecular flexibility index (Phi) is 4.01. The monoisotopic (exact) mass is 341 g/mol. The first kappa shape index (κ1) is 15.5. The summed E-state index contributed by atoms with van der Waals surface area (Å²) in [5, 5.41) is 13.4. The van der Waals surface area contributed by atoms with E-state index in [1.807, 2.05) is 0 Å². The predicted molar refractivity (Wildman–Crippen MR) is 87.6 cm³/mol. The molecule has 1 N–H and O–H groups in total. The molecule has 25 heavy (non-hydrogen) atoms. The maximum atomic E-state index is 13.2. The largest absolute Gasteiger partial charge is 0.505 e. The molecule has 7 nitrogen and oxygen atoms in total. The number of aromatic hydroxyl groups is 1. The summed E-state index contributed by atoms with van der Waals surface area (Å²) in [6.07, 6.45) is 5.18. The first-order valence-electron chi connectivity index (χ1n) is 8.05. The minimum atomic E-state index is -0.678. The molecule has 0 unspecified atom stereocenters. The van der Waals surface area contributed by atoms with E-state index in [1.54, 1.807) is 18.5 Å². The van der Waals surface area contributed by atoms with Crippen LogP contribution in [0.15, 0.2) is 41.2 Å². The average Bonchev–Trinajstić information content (AvgIpc) is 3.15. The van der Waals surface area contributed by atoms with Gasteiger partial charge in [-0.25, -0.2) is 14.4 Å². The lowest BCUT2D eigenvalue weighted by molar-refractivity contribution is 0.329. The van der Waals surface area contributed by atoms with Crippen molar-refractivity contribution < 1.29 is 14.0 Å². The van der Waals surface area contributed by atoms with Crippen LogP contribution in [0, 0.1) is 5.82 Å². The lowest BCUT2D eigenvalue weighted by Crippen LogP contribution is -2.34. The second kappa shape index (κ2) is 6.46. The molecule has 1 aliphatic rings. The molecule has 0 aliphatic carbocycles. The summed E-state index contributed by atoms with van der Waals surface area (Å²) in [6, 6.07) is 5.78. The van der Waals surface area contributed by atoms with Crippen LogP contribution in [0.1, 0.15) is 24.7 Å². The molecule has 2 aromatic heterocycles. The third kappa shape index (κ3) is 3.15. The second-order valence-corrected chi connectivity index (χ2v) is 5.93. The van der Waals surface area contributed by atoms with Gasteiger partial charge in [0, 0.05) is 37.0 Å². The molecule has 128 valence electrons. The number of hydrogen-bond acceptors (Lipinski definition) is 7. The molecule has 3 aromatic rings. The van der Waals surface area contributed by atoms with Crippen LogP contribution in [0.25, 0.3) is 11.4 Å². The highest BCUT2D eigenvalue weighted by molar-refractivity contribution is 5.57. The Morgan fingerprint density at radius 3 is 2.64 bits per heavy atom. The number of halogens is 1. The van der Waals surface area contributed by atoms with Crippen LogP contribution in [0.3, 0.4) is 0 Å². The molecule has 1 aromatic carbocycles. The number of nitrogens with zero attached hydrogens (tertiary/aromatic N) is 5. The fourth-order valence-electron chi connectivity index (χ4n) is 2.95. The van der Waals surface area contributed by atoms with E-state index in [2.05, 4.69) is 25.0 Å². The normalized spacial score (nSPS) is 15.5. The van der Waals surface area contributed by atoms with Crippen molar-refractivity contribution >= 4 is 5.95 Å². The highest BCUT2D eigenvalue weighted by Gasteiger charge is 2.26. The van der Waals surface area contributed by atoms with Gasteiger partial charge in [-0.15, -0.1) is 0 Å². The third-order valence-electron chi connectivity index (χ3n) is 4.33. The van der Waals surface area contributed by atoms with Gasteiger partial charge in [0.25, 0.3) is 0 Å². The van der Waals surface area contributed by atoms with E-state index in [0.717, 1.165) is 31.9 Å². The first-order valence-corrected chi connectivity index (χ1v) is 8.05. The molecular formula is C17H16FN5O2. The topological polar surface area (TPSA) is 88.2 Å². The Morgan fingerprint density at radius 1 is 1.16 bits per heavy atom. The number of piperidine rings is 1. The van der Waals surface area contributed by atoms with Crippen molar-refractivity contribution in [1.29, 1.82) is 0 Å². The Balaban J connectivity index is 1.45. The molecule has 0 bridgehead atoms. The summed E-state index contributed by atoms with van der Waals surface area (Å²) in [5.74, 6) is 0.693. The highest BCUT2D eigenvalue weighted by atomic mass is 19.1. The number of aromatic nitrogens is 4. The zero-order valence-electron chi connectivity index (χ0n) is 13.3. The Morgan fingerprint density at radius 2 is 1.92 bits per heavy atom. The van der Waals surface area contributed by atoms with Crippen molar-refractivity contribution in [3.63, 3.8) is 0 Å². The zero-order chi connectivity index (χ0) is 17.2. The predicted octanol–water partition coefficient (Wildman–Crippen LogP) is 2.76. The molecule has 0 radical (unpaired) electrons. The number of hydrogen-bond donors (Lipinski definition) is 1. The third-order valence-corrected chi connectivity index (χ3v) is 4.33. The van der Waals surface area contributed by atoms with Crippen molar-refractivity contribution in [2.45, 2.75) is 18.8 Å². The first-order chi connectivity index (χ1) is 12.2. The molecule has 0 amide bonds. The SMILES string of the molecule is Oc1cc(-c2noc(C3CCN(c4ncccn4)CC3)n2)ccc1F. The smallest absolute Gasteiger partial charge is 0.230 e. The fraction of sp³-hybridized carbons (Fsp3) is 0.294. The van der Waals surface area contributed by atoms with Gasteiger partial charge < -0.3 is 14.5 Å². The van der Waals surface area contributed by atoms with Crippen LogP contribution < -0.4 is 4.90 Å². The van der Waals surface area contributed by atoms with Crippen molar-refractivity contribution in [2.24, 2.45) is 0 Å². The molecular weight excluding hydrogens is 325 g/mol. The molecule has 0 spiro atoms. The number of rotatable bonds is 3. The van der Waals surface area contributed by atoms with E-state index in [0.29, 0.717) is 17.3 Å². The van der Waals surface area contributed by atoms with Gasteiger partial charge >= 0.3 is 0 Å². The molecule has 1 fully saturated rings. The Labute approximate surface area is 143 Å². The van der Waals surface area contributed by atoms with E-state index in [9.17, 15) is 9.50 Å². The van der Waals surface area contributed by atoms with Gasteiger partial charge in [0.05, 0.1) is 0 Å². The summed E-state index contributed by atoms with van der Waals surface area (Å²) in [6.45, 7) is 1.62. The Hall–Kier alpha value is -3.03. The van der Waals surface area contributed by atoms with E-state index >= 15 is 0 Å². The van der Waals surface area contributed by atoms with Crippen LogP contribution in [-0.2, 0) is 0 Å². The molecule has 4 rings (SSSR count).